The molecule has 10 heteroatoms. The van der Waals surface area contributed by atoms with Gasteiger partial charge in [0.25, 0.3) is 0 Å². The van der Waals surface area contributed by atoms with E-state index in [1.165, 1.54) is 83.5 Å². The van der Waals surface area contributed by atoms with Crippen LogP contribution in [0.25, 0.3) is 0 Å². The minimum absolute atomic E-state index is 0.127. The largest absolute Gasteiger partial charge is 0.469 e. The highest BCUT2D eigenvalue weighted by atomic mass is 31.2. The molecule has 1 atom stereocenters. The van der Waals surface area contributed by atoms with Crippen LogP contribution in [0.2, 0.25) is 0 Å². The van der Waals surface area contributed by atoms with Gasteiger partial charge >= 0.3 is 19.8 Å². The van der Waals surface area contributed by atoms with Gasteiger partial charge in [0, 0.05) is 19.4 Å². The number of phosphoric ester groups is 1. The number of carbonyl (C=O) groups is 2. The zero-order chi connectivity index (χ0) is 38.2. The zero-order valence-electron chi connectivity index (χ0n) is 32.6. The molecule has 0 heterocycles. The van der Waals surface area contributed by atoms with Crippen LogP contribution >= 0.6 is 7.82 Å². The zero-order valence-corrected chi connectivity index (χ0v) is 33.5. The Hall–Kier alpha value is -2.03. The summed E-state index contributed by atoms with van der Waals surface area (Å²) < 4.78 is 26.3. The van der Waals surface area contributed by atoms with Crippen LogP contribution in [-0.4, -0.2) is 52.8 Å². The Bertz CT molecular complexity index is 986. The minimum Gasteiger partial charge on any atom is -0.462 e. The summed E-state index contributed by atoms with van der Waals surface area (Å²) in [5.74, 6) is -0.961. The molecule has 0 aliphatic carbocycles. The molecule has 0 aromatic rings. The van der Waals surface area contributed by atoms with Crippen LogP contribution in [0.1, 0.15) is 180 Å². The Morgan fingerprint density at radius 2 is 0.962 bits per heavy atom. The third-order valence-corrected chi connectivity index (χ3v) is 9.14. The lowest BCUT2D eigenvalue weighted by Crippen LogP contribution is -2.29. The van der Waals surface area contributed by atoms with Crippen molar-refractivity contribution in [2.45, 2.75) is 186 Å². The molecule has 0 radical (unpaired) electrons. The van der Waals surface area contributed by atoms with E-state index < -0.39 is 32.5 Å². The number of hydrogen-bond donors (Lipinski definition) is 3. The fourth-order valence-corrected chi connectivity index (χ4v) is 5.94. The molecule has 0 aliphatic rings. The molecule has 0 bridgehead atoms. The summed E-state index contributed by atoms with van der Waals surface area (Å²) in [4.78, 5) is 42.8. The molecule has 52 heavy (non-hydrogen) atoms. The first-order valence-electron chi connectivity index (χ1n) is 20.5. The number of phosphoric acid groups is 1. The molecule has 0 aliphatic heterocycles. The Balaban J connectivity index is 4.01. The second-order valence-corrected chi connectivity index (χ2v) is 14.9. The van der Waals surface area contributed by atoms with Crippen LogP contribution in [0, 0.1) is 0 Å². The second kappa shape index (κ2) is 38.7. The lowest BCUT2D eigenvalue weighted by Gasteiger charge is -2.18. The summed E-state index contributed by atoms with van der Waals surface area (Å²) in [6, 6.07) is 0. The van der Waals surface area contributed by atoms with E-state index in [2.05, 4.69) is 47.9 Å². The van der Waals surface area contributed by atoms with Crippen LogP contribution in [0.3, 0.4) is 0 Å². The Morgan fingerprint density at radius 1 is 0.538 bits per heavy atom. The highest BCUT2D eigenvalue weighted by molar-refractivity contribution is 7.46. The molecule has 0 unspecified atom stereocenters. The fraction of sp³-hybridized carbons (Fsp3) is 0.762. The average Bonchev–Trinajstić information content (AvgIpc) is 3.11. The summed E-state index contributed by atoms with van der Waals surface area (Å²) in [6.45, 7) is 1.66. The predicted molar refractivity (Wildman–Crippen MR) is 213 cm³/mol. The number of aliphatic hydroxyl groups is 1. The highest BCUT2D eigenvalue weighted by Crippen LogP contribution is 2.36. The summed E-state index contributed by atoms with van der Waals surface area (Å²) in [5.41, 5.74) is 0. The molecule has 0 aromatic carbocycles. The summed E-state index contributed by atoms with van der Waals surface area (Å²) in [5, 5.41) is 8.77. The standard InChI is InChI=1S/C42H75O9P/c1-2-3-4-5-6-7-8-9-10-14-17-20-23-26-29-32-35-41(44)49-38-40(39-50-52(46,47)48)51-42(45)36-33-30-27-24-21-18-15-12-11-13-16-19-22-25-28-31-34-37-43/h11,13,15,18-19,22,24,27,40,43H,2-10,12,14,16-17,20-21,23,25-26,28-39H2,1H3,(H2,46,47,48)/b13-11-,18-15-,22-19-,27-24-/t40-/m1/s1. The number of allylic oxidation sites excluding steroid dienone is 8. The lowest BCUT2D eigenvalue weighted by molar-refractivity contribution is -0.161. The normalized spacial score (nSPS) is 12.9. The molecular formula is C42H75O9P. The van der Waals surface area contributed by atoms with E-state index in [0.29, 0.717) is 19.3 Å². The number of esters is 2. The van der Waals surface area contributed by atoms with Gasteiger partial charge in [0.1, 0.15) is 6.61 Å². The molecule has 0 saturated heterocycles. The van der Waals surface area contributed by atoms with Crippen LogP contribution in [0.5, 0.6) is 0 Å². The van der Waals surface area contributed by atoms with Crippen molar-refractivity contribution in [3.8, 4) is 0 Å². The quantitative estimate of drug-likeness (QED) is 0.0243. The van der Waals surface area contributed by atoms with Gasteiger partial charge in [-0.3, -0.25) is 14.1 Å². The van der Waals surface area contributed by atoms with E-state index in [0.717, 1.165) is 57.8 Å². The number of aliphatic hydroxyl groups excluding tert-OH is 1. The Morgan fingerprint density at radius 3 is 1.44 bits per heavy atom. The number of hydrogen-bond acceptors (Lipinski definition) is 7. The third kappa shape index (κ3) is 40.7. The first-order valence-corrected chi connectivity index (χ1v) is 22.1. The van der Waals surface area contributed by atoms with E-state index in [1.807, 2.05) is 12.2 Å². The molecule has 0 saturated carbocycles. The number of carbonyl (C=O) groups excluding carboxylic acids is 2. The Labute approximate surface area is 317 Å². The summed E-state index contributed by atoms with van der Waals surface area (Å²) >= 11 is 0. The van der Waals surface area contributed by atoms with Crippen molar-refractivity contribution in [2.75, 3.05) is 19.8 Å². The molecule has 3 N–H and O–H groups in total. The summed E-state index contributed by atoms with van der Waals surface area (Å²) in [7, 11) is -4.77. The molecule has 9 nitrogen and oxygen atoms in total. The molecule has 302 valence electrons. The van der Waals surface area contributed by atoms with Crippen molar-refractivity contribution in [2.24, 2.45) is 0 Å². The molecule has 0 amide bonds. The van der Waals surface area contributed by atoms with Crippen molar-refractivity contribution in [1.29, 1.82) is 0 Å². The number of rotatable bonds is 38. The fourth-order valence-electron chi connectivity index (χ4n) is 5.58. The molecule has 0 fully saturated rings. The van der Waals surface area contributed by atoms with Crippen LogP contribution in [-0.2, 0) is 28.2 Å². The SMILES string of the molecule is CCCCCCCCCCCCCCCCCCC(=O)OC[C@H](COP(=O)(O)O)OC(=O)CCC/C=C\C/C=C\C/C=C\C/C=C\CCCCCO. The van der Waals surface area contributed by atoms with Gasteiger partial charge in [0.05, 0.1) is 6.61 Å². The van der Waals surface area contributed by atoms with E-state index in [9.17, 15) is 14.2 Å². The van der Waals surface area contributed by atoms with Gasteiger partial charge < -0.3 is 24.4 Å². The van der Waals surface area contributed by atoms with Crippen molar-refractivity contribution < 1.29 is 43.0 Å². The number of unbranched alkanes of at least 4 members (excludes halogenated alkanes) is 19. The maximum atomic E-state index is 12.4. The molecule has 0 rings (SSSR count). The predicted octanol–water partition coefficient (Wildman–Crippen LogP) is 11.3. The maximum Gasteiger partial charge on any atom is 0.469 e. The van der Waals surface area contributed by atoms with Gasteiger partial charge in [0.15, 0.2) is 6.10 Å². The van der Waals surface area contributed by atoms with E-state index in [-0.39, 0.29) is 26.1 Å². The van der Waals surface area contributed by atoms with Crippen LogP contribution in [0.4, 0.5) is 0 Å². The number of ether oxygens (including phenoxy) is 2. The van der Waals surface area contributed by atoms with Crippen molar-refractivity contribution in [3.63, 3.8) is 0 Å². The molecule has 0 aromatic heterocycles. The summed E-state index contributed by atoms with van der Waals surface area (Å²) in [6.07, 6.45) is 44.2. The monoisotopic (exact) mass is 755 g/mol. The lowest BCUT2D eigenvalue weighted by atomic mass is 10.0. The third-order valence-electron chi connectivity index (χ3n) is 8.66. The smallest absolute Gasteiger partial charge is 0.462 e. The topological polar surface area (TPSA) is 140 Å². The maximum absolute atomic E-state index is 12.4. The molecule has 0 spiro atoms. The van der Waals surface area contributed by atoms with Crippen LogP contribution < -0.4 is 0 Å². The Kier molecular flexibility index (Phi) is 37.2. The van der Waals surface area contributed by atoms with Gasteiger partial charge in [0.2, 0.25) is 0 Å². The van der Waals surface area contributed by atoms with Gasteiger partial charge in [-0.15, -0.1) is 0 Å². The van der Waals surface area contributed by atoms with E-state index in [1.54, 1.807) is 0 Å². The van der Waals surface area contributed by atoms with Crippen molar-refractivity contribution in [3.05, 3.63) is 48.6 Å². The van der Waals surface area contributed by atoms with E-state index >= 15 is 0 Å². The van der Waals surface area contributed by atoms with Gasteiger partial charge in [-0.25, -0.2) is 4.57 Å². The highest BCUT2D eigenvalue weighted by Gasteiger charge is 2.22. The van der Waals surface area contributed by atoms with Gasteiger partial charge in [-0.1, -0.05) is 158 Å². The van der Waals surface area contributed by atoms with Gasteiger partial charge in [-0.05, 0) is 57.8 Å². The van der Waals surface area contributed by atoms with Crippen molar-refractivity contribution in [1.82, 2.24) is 0 Å². The second-order valence-electron chi connectivity index (χ2n) is 13.7. The van der Waals surface area contributed by atoms with Crippen molar-refractivity contribution >= 4 is 19.8 Å². The van der Waals surface area contributed by atoms with Gasteiger partial charge in [-0.2, -0.15) is 0 Å². The average molecular weight is 755 g/mol. The first-order chi connectivity index (χ1) is 25.3. The molecular weight excluding hydrogens is 679 g/mol. The van der Waals surface area contributed by atoms with Crippen LogP contribution in [0.15, 0.2) is 48.6 Å². The van der Waals surface area contributed by atoms with E-state index in [4.69, 9.17) is 24.4 Å². The first kappa shape index (κ1) is 50.0. The minimum atomic E-state index is -4.77.